The third kappa shape index (κ3) is 4.59. The number of rotatable bonds is 6. The van der Waals surface area contributed by atoms with Gasteiger partial charge in [0.1, 0.15) is 11.9 Å². The molecule has 0 aliphatic rings. The molecule has 0 bridgehead atoms. The van der Waals surface area contributed by atoms with Gasteiger partial charge in [0, 0.05) is 36.9 Å². The van der Waals surface area contributed by atoms with Crippen LogP contribution in [0.5, 0.6) is 0 Å². The van der Waals surface area contributed by atoms with Crippen molar-refractivity contribution in [1.82, 2.24) is 24.6 Å². The first-order valence-corrected chi connectivity index (χ1v) is 8.88. The molecule has 8 heteroatoms. The summed E-state index contributed by atoms with van der Waals surface area (Å²) in [6, 6.07) is 10.5. The van der Waals surface area contributed by atoms with E-state index < -0.39 is 6.04 Å². The fourth-order valence-electron chi connectivity index (χ4n) is 2.81. The molecule has 0 saturated carbocycles. The van der Waals surface area contributed by atoms with Crippen LogP contribution in [0.25, 0.3) is 11.3 Å². The Hall–Kier alpha value is -3.55. The highest BCUT2D eigenvalue weighted by atomic mass is 16.2. The first-order valence-electron chi connectivity index (χ1n) is 8.88. The zero-order chi connectivity index (χ0) is 20.1. The monoisotopic (exact) mass is 378 g/mol. The molecule has 0 aliphatic heterocycles. The molecule has 0 radical (unpaired) electrons. The highest BCUT2D eigenvalue weighted by Crippen LogP contribution is 2.20. The lowest BCUT2D eigenvalue weighted by Crippen LogP contribution is -2.38. The minimum Gasteiger partial charge on any atom is -0.335 e. The predicted molar refractivity (Wildman–Crippen MR) is 105 cm³/mol. The van der Waals surface area contributed by atoms with E-state index in [9.17, 15) is 9.59 Å². The van der Waals surface area contributed by atoms with Gasteiger partial charge in [-0.1, -0.05) is 12.1 Å². The Morgan fingerprint density at radius 3 is 2.75 bits per heavy atom. The van der Waals surface area contributed by atoms with Crippen LogP contribution in [-0.2, 0) is 9.59 Å². The van der Waals surface area contributed by atoms with Crippen LogP contribution in [0.1, 0.15) is 18.8 Å². The third-order valence-corrected chi connectivity index (χ3v) is 4.25. The fourth-order valence-corrected chi connectivity index (χ4v) is 2.81. The Morgan fingerprint density at radius 2 is 2.04 bits per heavy atom. The van der Waals surface area contributed by atoms with E-state index in [1.165, 1.54) is 4.90 Å². The van der Waals surface area contributed by atoms with E-state index >= 15 is 0 Å². The minimum absolute atomic E-state index is 0.0543. The fraction of sp³-hybridized carbons (Fsp3) is 0.250. The number of amides is 2. The molecule has 2 aromatic heterocycles. The van der Waals surface area contributed by atoms with Gasteiger partial charge in [0.15, 0.2) is 0 Å². The molecule has 1 aromatic carbocycles. The summed E-state index contributed by atoms with van der Waals surface area (Å²) in [5, 5.41) is 6.90. The number of aromatic nitrogens is 4. The van der Waals surface area contributed by atoms with Crippen molar-refractivity contribution in [2.24, 2.45) is 0 Å². The van der Waals surface area contributed by atoms with Gasteiger partial charge in [0.25, 0.3) is 0 Å². The van der Waals surface area contributed by atoms with Gasteiger partial charge in [-0.05, 0) is 38.1 Å². The molecule has 1 N–H and O–H groups in total. The number of hydrogen-bond donors (Lipinski definition) is 1. The number of anilines is 1. The zero-order valence-electron chi connectivity index (χ0n) is 16.0. The van der Waals surface area contributed by atoms with Gasteiger partial charge in [-0.2, -0.15) is 5.10 Å². The number of likely N-dealkylation sites (N-methyl/N-ethyl adjacent to an activating group) is 1. The van der Waals surface area contributed by atoms with Gasteiger partial charge in [-0.3, -0.25) is 14.3 Å². The lowest BCUT2D eigenvalue weighted by molar-refractivity contribution is -0.136. The van der Waals surface area contributed by atoms with Crippen LogP contribution in [-0.4, -0.2) is 50.1 Å². The maximum absolute atomic E-state index is 12.5. The summed E-state index contributed by atoms with van der Waals surface area (Å²) in [6.45, 7) is 3.52. The SMILES string of the molecule is Cc1nccc(-c2cccc(NC(=O)CN(C)C(=O)[C@H](C)n3cccn3)c2)n1. The second-order valence-electron chi connectivity index (χ2n) is 6.47. The summed E-state index contributed by atoms with van der Waals surface area (Å²) >= 11 is 0. The largest absolute Gasteiger partial charge is 0.335 e. The Balaban J connectivity index is 1.63. The number of carbonyl (C=O) groups is 2. The van der Waals surface area contributed by atoms with Crippen molar-refractivity contribution in [3.05, 3.63) is 60.8 Å². The molecule has 3 rings (SSSR count). The topological polar surface area (TPSA) is 93.0 Å². The Labute approximate surface area is 163 Å². The van der Waals surface area contributed by atoms with Crippen LogP contribution in [0.15, 0.2) is 55.0 Å². The average Bonchev–Trinajstić information content (AvgIpc) is 3.21. The first kappa shape index (κ1) is 19.2. The molecule has 2 heterocycles. The zero-order valence-corrected chi connectivity index (χ0v) is 16.0. The summed E-state index contributed by atoms with van der Waals surface area (Å²) in [7, 11) is 1.60. The number of hydrogen-bond acceptors (Lipinski definition) is 5. The second kappa shape index (κ2) is 8.43. The third-order valence-electron chi connectivity index (χ3n) is 4.25. The smallest absolute Gasteiger partial charge is 0.247 e. The molecule has 2 amide bonds. The lowest BCUT2D eigenvalue weighted by Gasteiger charge is -2.21. The first-order chi connectivity index (χ1) is 13.4. The van der Waals surface area contributed by atoms with Crippen molar-refractivity contribution in [3.8, 4) is 11.3 Å². The molecular formula is C20H22N6O2. The molecule has 144 valence electrons. The van der Waals surface area contributed by atoms with Crippen molar-refractivity contribution in [1.29, 1.82) is 0 Å². The van der Waals surface area contributed by atoms with Gasteiger partial charge in [-0.25, -0.2) is 9.97 Å². The van der Waals surface area contributed by atoms with Crippen molar-refractivity contribution in [2.75, 3.05) is 18.9 Å². The standard InChI is InChI=1S/C20H22N6O2/c1-14(26-11-5-9-22-26)20(28)25(3)13-19(27)24-17-7-4-6-16(12-17)18-8-10-21-15(2)23-18/h4-12,14H,13H2,1-3H3,(H,24,27)/t14-/m0/s1. The summed E-state index contributed by atoms with van der Waals surface area (Å²) in [5.41, 5.74) is 2.30. The average molecular weight is 378 g/mol. The quantitative estimate of drug-likeness (QED) is 0.710. The van der Waals surface area contributed by atoms with E-state index in [2.05, 4.69) is 20.4 Å². The van der Waals surface area contributed by atoms with Crippen LogP contribution in [0, 0.1) is 6.92 Å². The summed E-state index contributed by atoms with van der Waals surface area (Å²) in [6.07, 6.45) is 5.03. The summed E-state index contributed by atoms with van der Waals surface area (Å²) in [5.74, 6) is 0.210. The minimum atomic E-state index is -0.475. The molecular weight excluding hydrogens is 356 g/mol. The van der Waals surface area contributed by atoms with Crippen molar-refractivity contribution in [2.45, 2.75) is 19.9 Å². The van der Waals surface area contributed by atoms with Gasteiger partial charge in [-0.15, -0.1) is 0 Å². The van der Waals surface area contributed by atoms with E-state index in [-0.39, 0.29) is 18.4 Å². The molecule has 0 fully saturated rings. The number of carbonyl (C=O) groups excluding carboxylic acids is 2. The van der Waals surface area contributed by atoms with Crippen LogP contribution >= 0.6 is 0 Å². The van der Waals surface area contributed by atoms with E-state index in [1.54, 1.807) is 49.4 Å². The summed E-state index contributed by atoms with van der Waals surface area (Å²) < 4.78 is 1.56. The highest BCUT2D eigenvalue weighted by molar-refractivity contribution is 5.95. The van der Waals surface area contributed by atoms with Gasteiger partial charge in [0.2, 0.25) is 11.8 Å². The Bertz CT molecular complexity index is 970. The lowest BCUT2D eigenvalue weighted by atomic mass is 10.1. The maximum atomic E-state index is 12.5. The van der Waals surface area contributed by atoms with Crippen molar-refractivity contribution >= 4 is 17.5 Å². The van der Waals surface area contributed by atoms with Crippen molar-refractivity contribution in [3.63, 3.8) is 0 Å². The second-order valence-corrected chi connectivity index (χ2v) is 6.47. The maximum Gasteiger partial charge on any atom is 0.247 e. The summed E-state index contributed by atoms with van der Waals surface area (Å²) in [4.78, 5) is 34.7. The van der Waals surface area contributed by atoms with E-state index in [0.717, 1.165) is 11.3 Å². The van der Waals surface area contributed by atoms with E-state index in [1.807, 2.05) is 31.2 Å². The molecule has 0 aliphatic carbocycles. The van der Waals surface area contributed by atoms with Crippen molar-refractivity contribution < 1.29 is 9.59 Å². The number of nitrogens with zero attached hydrogens (tertiary/aromatic N) is 5. The predicted octanol–water partition coefficient (Wildman–Crippen LogP) is 2.31. The molecule has 0 saturated heterocycles. The molecule has 28 heavy (non-hydrogen) atoms. The Kier molecular flexibility index (Phi) is 5.78. The van der Waals surface area contributed by atoms with E-state index in [0.29, 0.717) is 11.5 Å². The van der Waals surface area contributed by atoms with E-state index in [4.69, 9.17) is 0 Å². The normalized spacial score (nSPS) is 11.7. The number of benzene rings is 1. The molecule has 8 nitrogen and oxygen atoms in total. The molecule has 0 spiro atoms. The van der Waals surface area contributed by atoms with Crippen LogP contribution in [0.3, 0.4) is 0 Å². The van der Waals surface area contributed by atoms with Crippen LogP contribution in [0.4, 0.5) is 5.69 Å². The molecule has 3 aromatic rings. The number of nitrogens with one attached hydrogen (secondary N) is 1. The van der Waals surface area contributed by atoms with Gasteiger partial charge >= 0.3 is 0 Å². The van der Waals surface area contributed by atoms with Crippen LogP contribution < -0.4 is 5.32 Å². The van der Waals surface area contributed by atoms with Crippen LogP contribution in [0.2, 0.25) is 0 Å². The Morgan fingerprint density at radius 1 is 1.21 bits per heavy atom. The molecule has 0 unspecified atom stereocenters. The van der Waals surface area contributed by atoms with Gasteiger partial charge in [0.05, 0.1) is 12.2 Å². The number of aryl methyl sites for hydroxylation is 1. The van der Waals surface area contributed by atoms with Gasteiger partial charge < -0.3 is 10.2 Å². The highest BCUT2D eigenvalue weighted by Gasteiger charge is 2.21. The molecule has 1 atom stereocenters.